The van der Waals surface area contributed by atoms with Crippen LogP contribution in [0.4, 0.5) is 8.78 Å². The molecule has 3 rings (SSSR count). The number of para-hydroxylation sites is 1. The number of aromatic nitrogens is 1. The van der Waals surface area contributed by atoms with Crippen molar-refractivity contribution >= 4 is 5.71 Å². The van der Waals surface area contributed by atoms with Gasteiger partial charge in [0.2, 0.25) is 0 Å². The summed E-state index contributed by atoms with van der Waals surface area (Å²) in [5.74, 6) is 2.99. The number of benzene rings is 1. The zero-order chi connectivity index (χ0) is 18.2. The van der Waals surface area contributed by atoms with Gasteiger partial charge in [-0.2, -0.15) is 0 Å². The van der Waals surface area contributed by atoms with Crippen LogP contribution in [-0.4, -0.2) is 22.3 Å². The van der Waals surface area contributed by atoms with E-state index < -0.39 is 17.7 Å². The van der Waals surface area contributed by atoms with E-state index in [1.807, 2.05) is 45.0 Å². The molecule has 0 N–H and O–H groups in total. The Labute approximate surface area is 145 Å². The maximum Gasteiger partial charge on any atom is 0.281 e. The summed E-state index contributed by atoms with van der Waals surface area (Å²) < 4.78 is 32.2. The molecule has 0 bridgehead atoms. The normalized spacial score (nSPS) is 18.6. The lowest BCUT2D eigenvalue weighted by molar-refractivity contribution is 0.0891. The number of halogens is 2. The van der Waals surface area contributed by atoms with Crippen molar-refractivity contribution in [2.45, 2.75) is 38.8 Å². The highest BCUT2D eigenvalue weighted by atomic mass is 19.3. The quantitative estimate of drug-likeness (QED) is 0.760. The Morgan fingerprint density at radius 3 is 2.68 bits per heavy atom. The van der Waals surface area contributed by atoms with Crippen molar-refractivity contribution in [2.75, 3.05) is 0 Å². The van der Waals surface area contributed by atoms with Crippen molar-refractivity contribution in [3.8, 4) is 18.1 Å². The van der Waals surface area contributed by atoms with Crippen LogP contribution in [0.2, 0.25) is 0 Å². The molecule has 0 unspecified atom stereocenters. The second kappa shape index (κ2) is 6.29. The minimum Gasteiger partial charge on any atom is -0.485 e. The molecule has 0 radical (unpaired) electrons. The molecule has 128 valence electrons. The summed E-state index contributed by atoms with van der Waals surface area (Å²) in [5, 5.41) is 0. The summed E-state index contributed by atoms with van der Waals surface area (Å²) in [7, 11) is 0. The lowest BCUT2D eigenvalue weighted by Crippen LogP contribution is -2.38. The van der Waals surface area contributed by atoms with Crippen LogP contribution in [0.1, 0.15) is 49.6 Å². The van der Waals surface area contributed by atoms with E-state index in [2.05, 4.69) is 10.9 Å². The van der Waals surface area contributed by atoms with Gasteiger partial charge in [0.05, 0.1) is 17.3 Å². The predicted molar refractivity (Wildman–Crippen MR) is 93.4 cm³/mol. The van der Waals surface area contributed by atoms with Gasteiger partial charge in [-0.25, -0.2) is 8.78 Å². The number of alkyl halides is 2. The number of fused-ring (bicyclic) bond motifs is 1. The van der Waals surface area contributed by atoms with E-state index in [0.717, 1.165) is 5.56 Å². The van der Waals surface area contributed by atoms with Crippen LogP contribution in [0.15, 0.2) is 41.5 Å². The first kappa shape index (κ1) is 17.1. The van der Waals surface area contributed by atoms with Crippen molar-refractivity contribution in [3.63, 3.8) is 0 Å². The Balaban J connectivity index is 2.20. The maximum absolute atomic E-state index is 13.0. The Morgan fingerprint density at radius 1 is 1.28 bits per heavy atom. The topological polar surface area (TPSA) is 34.5 Å². The molecule has 0 spiro atoms. The van der Waals surface area contributed by atoms with Crippen molar-refractivity contribution < 1.29 is 13.5 Å². The largest absolute Gasteiger partial charge is 0.485 e. The monoisotopic (exact) mass is 340 g/mol. The first-order valence-electron chi connectivity index (χ1n) is 7.95. The Kier molecular flexibility index (Phi) is 4.30. The van der Waals surface area contributed by atoms with Crippen molar-refractivity contribution in [1.29, 1.82) is 0 Å². The van der Waals surface area contributed by atoms with Crippen LogP contribution in [0.5, 0.6) is 5.75 Å². The Morgan fingerprint density at radius 2 is 2.00 bits per heavy atom. The third-order valence-electron chi connectivity index (χ3n) is 4.40. The van der Waals surface area contributed by atoms with Crippen LogP contribution in [0, 0.1) is 12.3 Å². The van der Waals surface area contributed by atoms with Crippen LogP contribution < -0.4 is 4.74 Å². The summed E-state index contributed by atoms with van der Waals surface area (Å²) in [4.78, 5) is 8.66. The number of pyridine rings is 1. The minimum atomic E-state index is -2.72. The predicted octanol–water partition coefficient (Wildman–Crippen LogP) is 4.40. The lowest BCUT2D eigenvalue weighted by Gasteiger charge is -2.28. The zero-order valence-corrected chi connectivity index (χ0v) is 14.3. The number of hydrogen-bond acceptors (Lipinski definition) is 3. The summed E-state index contributed by atoms with van der Waals surface area (Å²) >= 11 is 0. The number of aliphatic imine (C=N–C) groups is 1. The summed E-state index contributed by atoms with van der Waals surface area (Å²) in [5.41, 5.74) is 1.19. The second-order valence-electron chi connectivity index (χ2n) is 6.46. The van der Waals surface area contributed by atoms with E-state index >= 15 is 0 Å². The van der Waals surface area contributed by atoms with Crippen molar-refractivity contribution in [1.82, 2.24) is 4.98 Å². The average molecular weight is 340 g/mol. The van der Waals surface area contributed by atoms with E-state index in [9.17, 15) is 8.78 Å². The van der Waals surface area contributed by atoms with Gasteiger partial charge in [-0.3, -0.25) is 9.98 Å². The molecule has 1 atom stereocenters. The van der Waals surface area contributed by atoms with Crippen molar-refractivity contribution in [3.05, 3.63) is 58.9 Å². The molecule has 1 aliphatic rings. The molecule has 25 heavy (non-hydrogen) atoms. The van der Waals surface area contributed by atoms with Gasteiger partial charge >= 0.3 is 0 Å². The Bertz CT molecular complexity index is 882. The van der Waals surface area contributed by atoms with E-state index in [-0.39, 0.29) is 11.6 Å². The maximum atomic E-state index is 13.0. The number of nitrogens with zero attached hydrogens (tertiary/aromatic N) is 2. The molecule has 1 aliphatic heterocycles. The van der Waals surface area contributed by atoms with Crippen molar-refractivity contribution in [2.24, 2.45) is 4.99 Å². The lowest BCUT2D eigenvalue weighted by atomic mass is 9.99. The first-order valence-corrected chi connectivity index (χ1v) is 7.95. The first-order chi connectivity index (χ1) is 11.8. The molecule has 0 aliphatic carbocycles. The summed E-state index contributed by atoms with van der Waals surface area (Å²) in [6, 6.07) is 8.90. The zero-order valence-electron chi connectivity index (χ0n) is 14.3. The molecule has 0 amide bonds. The van der Waals surface area contributed by atoms with E-state index in [1.165, 1.54) is 12.3 Å². The molecule has 0 saturated carbocycles. The highest BCUT2D eigenvalue weighted by molar-refractivity contribution is 6.14. The molecule has 1 aromatic carbocycles. The fraction of sp³-hybridized carbons (Fsp3) is 0.300. The minimum absolute atomic E-state index is 0.0739. The van der Waals surface area contributed by atoms with Gasteiger partial charge in [0, 0.05) is 17.3 Å². The molecule has 0 saturated heterocycles. The number of rotatable bonds is 2. The van der Waals surface area contributed by atoms with Gasteiger partial charge in [-0.1, -0.05) is 18.1 Å². The highest BCUT2D eigenvalue weighted by Crippen LogP contribution is 2.33. The molecule has 3 nitrogen and oxygen atoms in total. The third kappa shape index (κ3) is 3.12. The van der Waals surface area contributed by atoms with Crippen LogP contribution in [-0.2, 0) is 0 Å². The average Bonchev–Trinajstić information content (AvgIpc) is 2.68. The van der Waals surface area contributed by atoms with Crippen LogP contribution in [0.25, 0.3) is 0 Å². The number of terminal acetylenes is 1. The van der Waals surface area contributed by atoms with Crippen LogP contribution >= 0.6 is 0 Å². The molecule has 1 aromatic heterocycles. The fourth-order valence-corrected chi connectivity index (χ4v) is 2.66. The van der Waals surface area contributed by atoms with Gasteiger partial charge in [-0.05, 0) is 39.0 Å². The van der Waals surface area contributed by atoms with Gasteiger partial charge in [0.25, 0.3) is 6.43 Å². The van der Waals surface area contributed by atoms with Crippen LogP contribution in [0.3, 0.4) is 0 Å². The summed E-state index contributed by atoms with van der Waals surface area (Å²) in [6.07, 6.45) is 4.07. The van der Waals surface area contributed by atoms with Gasteiger partial charge in [0.15, 0.2) is 0 Å². The smallest absolute Gasteiger partial charge is 0.281 e. The van der Waals surface area contributed by atoms with Gasteiger partial charge in [0.1, 0.15) is 17.0 Å². The summed E-state index contributed by atoms with van der Waals surface area (Å²) in [6.45, 7) is 5.88. The fourth-order valence-electron chi connectivity index (χ4n) is 2.66. The van der Waals surface area contributed by atoms with Gasteiger partial charge in [-0.15, -0.1) is 6.42 Å². The van der Waals surface area contributed by atoms with E-state index in [1.54, 1.807) is 0 Å². The standard InChI is InChI=1S/C20H18F2N2O/c1-5-13-10-14(11-23-18(13)19(21)22)17-15-8-6-7-9-16(15)25-20(3,4)12(2)24-17/h1,6-12,19H,2-4H3/t12-/m0/s1. The SMILES string of the molecule is C#Cc1cc(C2=N[C@@H](C)C(C)(C)Oc3ccccc32)cnc1C(F)F. The molecule has 2 aromatic rings. The highest BCUT2D eigenvalue weighted by Gasteiger charge is 2.33. The second-order valence-corrected chi connectivity index (χ2v) is 6.46. The number of ether oxygens (including phenoxy) is 1. The molecular formula is C20H18F2N2O. The molecule has 5 heteroatoms. The number of hydrogen-bond donors (Lipinski definition) is 0. The van der Waals surface area contributed by atoms with Gasteiger partial charge < -0.3 is 4.74 Å². The van der Waals surface area contributed by atoms with E-state index in [4.69, 9.17) is 16.2 Å². The molecule has 2 heterocycles. The molecule has 0 fully saturated rings. The van der Waals surface area contributed by atoms with E-state index in [0.29, 0.717) is 17.0 Å². The molecular weight excluding hydrogens is 322 g/mol. The third-order valence-corrected chi connectivity index (χ3v) is 4.40. The Hall–Kier alpha value is -2.74.